The Hall–Kier alpha value is -1.10. The van der Waals surface area contributed by atoms with Gasteiger partial charge in [0.1, 0.15) is 0 Å². The van der Waals surface area contributed by atoms with Gasteiger partial charge < -0.3 is 15.5 Å². The van der Waals surface area contributed by atoms with Crippen LogP contribution in [0.1, 0.15) is 39.0 Å². The van der Waals surface area contributed by atoms with E-state index >= 15 is 0 Å². The van der Waals surface area contributed by atoms with Crippen LogP contribution in [-0.4, -0.2) is 34.7 Å². The molecule has 5 nitrogen and oxygen atoms in total. The van der Waals surface area contributed by atoms with Gasteiger partial charge >= 0.3 is 5.97 Å². The highest BCUT2D eigenvalue weighted by Crippen LogP contribution is 2.36. The lowest BCUT2D eigenvalue weighted by atomic mass is 9.95. The number of amides is 1. The standard InChI is InChI=1S/C14H23NO4/c1-8-4-11(12(5-8)14(18)19)13(17)15-7-9-2-3-10(16)6-9/h8-12,16H,2-7H2,1H3,(H,15,17)(H,18,19). The Kier molecular flexibility index (Phi) is 4.45. The predicted octanol–water partition coefficient (Wildman–Crippen LogP) is 1.01. The first kappa shape index (κ1) is 14.3. The summed E-state index contributed by atoms with van der Waals surface area (Å²) in [5.41, 5.74) is 0. The van der Waals surface area contributed by atoms with Gasteiger partial charge in [0.25, 0.3) is 0 Å². The second-order valence-corrected chi connectivity index (χ2v) is 6.21. The van der Waals surface area contributed by atoms with Gasteiger partial charge in [-0.2, -0.15) is 0 Å². The van der Waals surface area contributed by atoms with Gasteiger partial charge in [-0.1, -0.05) is 6.92 Å². The van der Waals surface area contributed by atoms with Crippen molar-refractivity contribution in [2.24, 2.45) is 23.7 Å². The zero-order valence-corrected chi connectivity index (χ0v) is 11.3. The summed E-state index contributed by atoms with van der Waals surface area (Å²) < 4.78 is 0. The van der Waals surface area contributed by atoms with E-state index in [0.29, 0.717) is 31.2 Å². The number of aliphatic hydroxyl groups excluding tert-OH is 1. The van der Waals surface area contributed by atoms with Crippen molar-refractivity contribution in [3.63, 3.8) is 0 Å². The van der Waals surface area contributed by atoms with Gasteiger partial charge in [0.2, 0.25) is 5.91 Å². The zero-order chi connectivity index (χ0) is 14.0. The lowest BCUT2D eigenvalue weighted by molar-refractivity contribution is -0.146. The predicted molar refractivity (Wildman–Crippen MR) is 69.4 cm³/mol. The van der Waals surface area contributed by atoms with Crippen LogP contribution in [0, 0.1) is 23.7 Å². The minimum absolute atomic E-state index is 0.127. The zero-order valence-electron chi connectivity index (χ0n) is 11.3. The highest BCUT2D eigenvalue weighted by Gasteiger charge is 2.41. The van der Waals surface area contributed by atoms with Gasteiger partial charge in [0.15, 0.2) is 0 Å². The number of aliphatic hydroxyl groups is 1. The molecular formula is C14H23NO4. The Bertz CT molecular complexity index is 357. The number of carboxylic acids is 1. The van der Waals surface area contributed by atoms with Crippen LogP contribution < -0.4 is 5.32 Å². The van der Waals surface area contributed by atoms with Crippen LogP contribution >= 0.6 is 0 Å². The van der Waals surface area contributed by atoms with Crippen molar-refractivity contribution in [3.05, 3.63) is 0 Å². The number of carbonyl (C=O) groups excluding carboxylic acids is 1. The van der Waals surface area contributed by atoms with Crippen LogP contribution in [-0.2, 0) is 9.59 Å². The Morgan fingerprint density at radius 2 is 1.84 bits per heavy atom. The number of hydrogen-bond donors (Lipinski definition) is 3. The molecule has 1 amide bonds. The highest BCUT2D eigenvalue weighted by atomic mass is 16.4. The van der Waals surface area contributed by atoms with Crippen LogP contribution in [0.2, 0.25) is 0 Å². The van der Waals surface area contributed by atoms with E-state index in [9.17, 15) is 14.7 Å². The molecule has 108 valence electrons. The number of aliphatic carboxylic acids is 1. The number of rotatable bonds is 4. The van der Waals surface area contributed by atoms with Gasteiger partial charge in [-0.05, 0) is 43.9 Å². The molecule has 2 saturated carbocycles. The SMILES string of the molecule is CC1CC(C(=O)O)C(C(=O)NCC2CCC(O)C2)C1. The molecule has 2 fully saturated rings. The molecule has 5 atom stereocenters. The molecule has 3 N–H and O–H groups in total. The number of carbonyl (C=O) groups is 2. The molecule has 0 bridgehead atoms. The maximum atomic E-state index is 12.1. The molecule has 0 radical (unpaired) electrons. The summed E-state index contributed by atoms with van der Waals surface area (Å²) in [6.45, 7) is 2.56. The summed E-state index contributed by atoms with van der Waals surface area (Å²) in [5.74, 6) is -1.28. The summed E-state index contributed by atoms with van der Waals surface area (Å²) in [6, 6.07) is 0. The first-order valence-corrected chi connectivity index (χ1v) is 7.16. The van der Waals surface area contributed by atoms with Crippen LogP contribution in [0.15, 0.2) is 0 Å². The van der Waals surface area contributed by atoms with Crippen molar-refractivity contribution in [2.45, 2.75) is 45.1 Å². The van der Waals surface area contributed by atoms with Crippen molar-refractivity contribution >= 4 is 11.9 Å². The van der Waals surface area contributed by atoms with E-state index in [1.807, 2.05) is 6.92 Å². The average molecular weight is 269 g/mol. The normalized spacial score (nSPS) is 38.3. The number of nitrogens with one attached hydrogen (secondary N) is 1. The molecule has 5 unspecified atom stereocenters. The first-order valence-electron chi connectivity index (χ1n) is 7.16. The molecule has 0 aliphatic heterocycles. The fraction of sp³-hybridized carbons (Fsp3) is 0.857. The van der Waals surface area contributed by atoms with Crippen molar-refractivity contribution < 1.29 is 19.8 Å². The second kappa shape index (κ2) is 5.90. The Labute approximate surface area is 113 Å². The van der Waals surface area contributed by atoms with Gasteiger partial charge in [0.05, 0.1) is 17.9 Å². The molecule has 0 saturated heterocycles. The maximum absolute atomic E-state index is 12.1. The molecule has 0 aromatic rings. The molecule has 0 aromatic carbocycles. The third-order valence-corrected chi connectivity index (χ3v) is 4.53. The number of carboxylic acid groups (broad SMARTS) is 1. The summed E-state index contributed by atoms with van der Waals surface area (Å²) in [4.78, 5) is 23.3. The van der Waals surface area contributed by atoms with Gasteiger partial charge in [-0.25, -0.2) is 0 Å². The van der Waals surface area contributed by atoms with E-state index in [1.165, 1.54) is 0 Å². The molecule has 0 heterocycles. The van der Waals surface area contributed by atoms with Crippen LogP contribution in [0.5, 0.6) is 0 Å². The molecule has 5 heteroatoms. The van der Waals surface area contributed by atoms with Gasteiger partial charge in [-0.15, -0.1) is 0 Å². The van der Waals surface area contributed by atoms with E-state index in [-0.39, 0.29) is 17.9 Å². The first-order chi connectivity index (χ1) is 8.97. The van der Waals surface area contributed by atoms with Crippen molar-refractivity contribution in [1.82, 2.24) is 5.32 Å². The third-order valence-electron chi connectivity index (χ3n) is 4.53. The van der Waals surface area contributed by atoms with Gasteiger partial charge in [-0.3, -0.25) is 9.59 Å². The van der Waals surface area contributed by atoms with E-state index < -0.39 is 11.9 Å². The lowest BCUT2D eigenvalue weighted by Crippen LogP contribution is -2.37. The van der Waals surface area contributed by atoms with Crippen LogP contribution in [0.3, 0.4) is 0 Å². The summed E-state index contributed by atoms with van der Waals surface area (Å²) in [7, 11) is 0. The van der Waals surface area contributed by atoms with Crippen LogP contribution in [0.25, 0.3) is 0 Å². The Morgan fingerprint density at radius 1 is 1.16 bits per heavy atom. The average Bonchev–Trinajstić information content (AvgIpc) is 2.92. The Morgan fingerprint density at radius 3 is 2.42 bits per heavy atom. The quantitative estimate of drug-likeness (QED) is 0.711. The number of hydrogen-bond acceptors (Lipinski definition) is 3. The Balaban J connectivity index is 1.83. The maximum Gasteiger partial charge on any atom is 0.307 e. The highest BCUT2D eigenvalue weighted by molar-refractivity contribution is 5.85. The van der Waals surface area contributed by atoms with E-state index in [0.717, 1.165) is 19.3 Å². The fourth-order valence-electron chi connectivity index (χ4n) is 3.46. The van der Waals surface area contributed by atoms with Crippen LogP contribution in [0.4, 0.5) is 0 Å². The van der Waals surface area contributed by atoms with Gasteiger partial charge in [0, 0.05) is 6.54 Å². The van der Waals surface area contributed by atoms with Crippen molar-refractivity contribution in [1.29, 1.82) is 0 Å². The second-order valence-electron chi connectivity index (χ2n) is 6.21. The lowest BCUT2D eigenvalue weighted by Gasteiger charge is -2.17. The molecule has 0 spiro atoms. The summed E-state index contributed by atoms with van der Waals surface area (Å²) in [6.07, 6.45) is 3.50. The minimum Gasteiger partial charge on any atom is -0.481 e. The molecule has 19 heavy (non-hydrogen) atoms. The van der Waals surface area contributed by atoms with E-state index in [1.54, 1.807) is 0 Å². The molecule has 0 aromatic heterocycles. The third kappa shape index (κ3) is 3.47. The van der Waals surface area contributed by atoms with E-state index in [2.05, 4.69) is 5.32 Å². The molecule has 2 aliphatic carbocycles. The molecule has 2 rings (SSSR count). The molecule has 2 aliphatic rings. The summed E-state index contributed by atoms with van der Waals surface area (Å²) >= 11 is 0. The monoisotopic (exact) mass is 269 g/mol. The topological polar surface area (TPSA) is 86.6 Å². The summed E-state index contributed by atoms with van der Waals surface area (Å²) in [5, 5.41) is 21.5. The minimum atomic E-state index is -0.860. The van der Waals surface area contributed by atoms with Crippen molar-refractivity contribution in [3.8, 4) is 0 Å². The smallest absolute Gasteiger partial charge is 0.307 e. The van der Waals surface area contributed by atoms with Crippen molar-refractivity contribution in [2.75, 3.05) is 6.54 Å². The van der Waals surface area contributed by atoms with E-state index in [4.69, 9.17) is 5.11 Å². The molecular weight excluding hydrogens is 246 g/mol. The fourth-order valence-corrected chi connectivity index (χ4v) is 3.46. The largest absolute Gasteiger partial charge is 0.481 e.